The fourth-order valence-electron chi connectivity index (χ4n) is 5.23. The van der Waals surface area contributed by atoms with Crippen molar-refractivity contribution < 1.29 is 52.9 Å². The average Bonchev–Trinajstić information content (AvgIpc) is 3.25. The molecule has 1 saturated carbocycles. The van der Waals surface area contributed by atoms with Gasteiger partial charge in [0.05, 0.1) is 18.8 Å². The highest BCUT2D eigenvalue weighted by atomic mass is 31.2. The molecule has 260 valence electrons. The summed E-state index contributed by atoms with van der Waals surface area (Å²) in [6, 6.07) is 0. The van der Waals surface area contributed by atoms with E-state index in [1.54, 1.807) is 12.2 Å². The minimum atomic E-state index is -4.80. The van der Waals surface area contributed by atoms with Gasteiger partial charge >= 0.3 is 19.8 Å². The van der Waals surface area contributed by atoms with E-state index in [1.165, 1.54) is 12.8 Å². The van der Waals surface area contributed by atoms with Gasteiger partial charge in [0.2, 0.25) is 0 Å². The molecule has 0 radical (unpaired) electrons. The second-order valence-electron chi connectivity index (χ2n) is 11.9. The lowest BCUT2D eigenvalue weighted by atomic mass is 9.90. The Morgan fingerprint density at radius 3 is 2.24 bits per heavy atom. The third-order valence-corrected chi connectivity index (χ3v) is 8.33. The summed E-state index contributed by atoms with van der Waals surface area (Å²) in [7, 11) is -4.80. The molecule has 0 aromatic heterocycles. The zero-order chi connectivity index (χ0) is 33.5. The lowest BCUT2D eigenvalue weighted by Gasteiger charge is -2.18. The first-order valence-corrected chi connectivity index (χ1v) is 18.3. The van der Waals surface area contributed by atoms with E-state index in [0.29, 0.717) is 32.1 Å². The number of allylic oxidation sites excluding steroid dienone is 2. The molecule has 0 amide bonds. The first-order valence-electron chi connectivity index (χ1n) is 16.7. The number of esters is 2. The number of ketones is 1. The molecule has 1 rings (SSSR count). The zero-order valence-corrected chi connectivity index (χ0v) is 28.1. The number of phosphoric ester groups is 1. The maximum Gasteiger partial charge on any atom is 0.469 e. The number of hydrogen-bond donors (Lipinski definition) is 4. The number of hydrogen-bond acceptors (Lipinski definition) is 9. The van der Waals surface area contributed by atoms with Crippen LogP contribution in [0.3, 0.4) is 0 Å². The standard InChI is InChI=1S/C33H57O11P/c1-3-5-7-8-9-10-16-20-33(38)44-27(25-43-45(39,40)41)24-42-32(37)19-15-12-11-14-18-28-29(31(36)23-30(28)35)22-21-26(34)17-13-6-4-2/h11,14,21-22,26-29,31,34,36H,3-10,12-13,15-20,23-25H2,1-2H3,(H2,39,40,41)/b14-11-,22-21+/t26-,27+,28+,29+,31+/m0/s1. The molecule has 4 N–H and O–H groups in total. The summed E-state index contributed by atoms with van der Waals surface area (Å²) in [4.78, 5) is 54.9. The van der Waals surface area contributed by atoms with Crippen molar-refractivity contribution in [1.29, 1.82) is 0 Å². The van der Waals surface area contributed by atoms with Crippen LogP contribution in [0.5, 0.6) is 0 Å². The van der Waals surface area contributed by atoms with Gasteiger partial charge in [-0.25, -0.2) is 4.57 Å². The Morgan fingerprint density at radius 2 is 1.56 bits per heavy atom. The molecule has 0 aromatic rings. The highest BCUT2D eigenvalue weighted by Gasteiger charge is 2.39. The number of phosphoric acid groups is 1. The minimum Gasteiger partial charge on any atom is -0.462 e. The molecule has 0 aliphatic heterocycles. The van der Waals surface area contributed by atoms with E-state index in [2.05, 4.69) is 18.4 Å². The molecule has 0 spiro atoms. The summed E-state index contributed by atoms with van der Waals surface area (Å²) in [5.74, 6) is -1.81. The molecule has 0 heterocycles. The van der Waals surface area contributed by atoms with Gasteiger partial charge < -0.3 is 29.5 Å². The summed E-state index contributed by atoms with van der Waals surface area (Å²) in [6.07, 6.45) is 17.3. The highest BCUT2D eigenvalue weighted by Crippen LogP contribution is 2.36. The molecule has 0 bridgehead atoms. The van der Waals surface area contributed by atoms with Crippen LogP contribution in [-0.4, -0.2) is 69.2 Å². The van der Waals surface area contributed by atoms with E-state index in [4.69, 9.17) is 19.3 Å². The average molecular weight is 661 g/mol. The Labute approximate surface area is 269 Å². The van der Waals surface area contributed by atoms with Gasteiger partial charge in [-0.3, -0.25) is 18.9 Å². The van der Waals surface area contributed by atoms with Crippen LogP contribution in [0.4, 0.5) is 0 Å². The van der Waals surface area contributed by atoms with Crippen molar-refractivity contribution in [2.75, 3.05) is 13.2 Å². The first-order chi connectivity index (χ1) is 21.5. The van der Waals surface area contributed by atoms with Gasteiger partial charge in [-0.2, -0.15) is 0 Å². The van der Waals surface area contributed by atoms with Crippen molar-refractivity contribution in [2.24, 2.45) is 11.8 Å². The summed E-state index contributed by atoms with van der Waals surface area (Å²) < 4.78 is 26.0. The van der Waals surface area contributed by atoms with E-state index < -0.39 is 44.7 Å². The molecule has 12 heteroatoms. The molecule has 0 aromatic carbocycles. The van der Waals surface area contributed by atoms with Gasteiger partial charge in [0.25, 0.3) is 0 Å². The van der Waals surface area contributed by atoms with Gasteiger partial charge in [0.15, 0.2) is 6.10 Å². The van der Waals surface area contributed by atoms with Crippen LogP contribution >= 0.6 is 7.82 Å². The number of aliphatic hydroxyl groups excluding tert-OH is 2. The summed E-state index contributed by atoms with van der Waals surface area (Å²) in [5.41, 5.74) is 0. The van der Waals surface area contributed by atoms with Crippen molar-refractivity contribution >= 4 is 25.5 Å². The highest BCUT2D eigenvalue weighted by molar-refractivity contribution is 7.46. The summed E-state index contributed by atoms with van der Waals surface area (Å²) >= 11 is 0. The molecule has 5 atom stereocenters. The fourth-order valence-corrected chi connectivity index (χ4v) is 5.59. The molecule has 1 aliphatic carbocycles. The molecule has 0 saturated heterocycles. The number of unbranched alkanes of at least 4 members (excludes halogenated alkanes) is 9. The number of carbonyl (C=O) groups excluding carboxylic acids is 3. The monoisotopic (exact) mass is 660 g/mol. The van der Waals surface area contributed by atoms with Crippen LogP contribution in [0, 0.1) is 11.8 Å². The number of rotatable bonds is 26. The van der Waals surface area contributed by atoms with E-state index in [-0.39, 0.29) is 43.5 Å². The molecule has 1 fully saturated rings. The Morgan fingerprint density at radius 1 is 0.911 bits per heavy atom. The zero-order valence-electron chi connectivity index (χ0n) is 27.2. The molecule has 1 aliphatic rings. The Bertz CT molecular complexity index is 945. The molecular formula is C33H57O11P. The van der Waals surface area contributed by atoms with Crippen molar-refractivity contribution in [3.63, 3.8) is 0 Å². The lowest BCUT2D eigenvalue weighted by Crippen LogP contribution is -2.29. The van der Waals surface area contributed by atoms with Gasteiger partial charge in [0, 0.05) is 31.1 Å². The van der Waals surface area contributed by atoms with Crippen LogP contribution in [-0.2, 0) is 32.9 Å². The maximum absolute atomic E-state index is 12.4. The molecule has 0 unspecified atom stereocenters. The third-order valence-electron chi connectivity index (χ3n) is 7.84. The third kappa shape index (κ3) is 20.8. The van der Waals surface area contributed by atoms with Gasteiger partial charge in [0.1, 0.15) is 12.4 Å². The van der Waals surface area contributed by atoms with Crippen LogP contribution in [0.2, 0.25) is 0 Å². The van der Waals surface area contributed by atoms with Crippen molar-refractivity contribution in [3.8, 4) is 0 Å². The van der Waals surface area contributed by atoms with Crippen LogP contribution < -0.4 is 0 Å². The number of aliphatic hydroxyl groups is 2. The van der Waals surface area contributed by atoms with E-state index in [1.807, 2.05) is 12.2 Å². The molecule has 45 heavy (non-hydrogen) atoms. The van der Waals surface area contributed by atoms with Gasteiger partial charge in [-0.1, -0.05) is 95.9 Å². The molecular weight excluding hydrogens is 603 g/mol. The van der Waals surface area contributed by atoms with Crippen LogP contribution in [0.15, 0.2) is 24.3 Å². The van der Waals surface area contributed by atoms with E-state index in [9.17, 15) is 29.2 Å². The number of Topliss-reactive ketones (excluding diaryl/α,β-unsaturated/α-hetero) is 1. The van der Waals surface area contributed by atoms with Crippen molar-refractivity contribution in [1.82, 2.24) is 0 Å². The SMILES string of the molecule is CCCCCCCCCC(=O)O[C@H](COC(=O)CCC/C=C\C[C@H]1C(=O)C[C@@H](O)[C@@H]1/C=C/[C@@H](O)CCCCC)COP(=O)(O)O. The Kier molecular flexibility index (Phi) is 22.2. The Hall–Kier alpha value is -1.88. The van der Waals surface area contributed by atoms with Crippen LogP contribution in [0.1, 0.15) is 123 Å². The number of carbonyl (C=O) groups is 3. The fraction of sp³-hybridized carbons (Fsp3) is 0.788. The lowest BCUT2D eigenvalue weighted by molar-refractivity contribution is -0.161. The predicted molar refractivity (Wildman–Crippen MR) is 171 cm³/mol. The second-order valence-corrected chi connectivity index (χ2v) is 13.2. The van der Waals surface area contributed by atoms with Crippen molar-refractivity contribution in [2.45, 2.75) is 141 Å². The van der Waals surface area contributed by atoms with Crippen LogP contribution in [0.25, 0.3) is 0 Å². The minimum absolute atomic E-state index is 0.00811. The predicted octanol–water partition coefficient (Wildman–Crippen LogP) is 5.87. The van der Waals surface area contributed by atoms with Gasteiger partial charge in [-0.15, -0.1) is 0 Å². The molecule has 11 nitrogen and oxygen atoms in total. The van der Waals surface area contributed by atoms with Gasteiger partial charge in [-0.05, 0) is 32.1 Å². The Balaban J connectivity index is 2.42. The van der Waals surface area contributed by atoms with Crippen molar-refractivity contribution in [3.05, 3.63) is 24.3 Å². The van der Waals surface area contributed by atoms with E-state index >= 15 is 0 Å². The smallest absolute Gasteiger partial charge is 0.462 e. The maximum atomic E-state index is 12.4. The quantitative estimate of drug-likeness (QED) is 0.0378. The largest absolute Gasteiger partial charge is 0.469 e. The normalized spacial score (nSPS) is 20.2. The summed E-state index contributed by atoms with van der Waals surface area (Å²) in [6.45, 7) is 3.25. The first kappa shape index (κ1) is 41.1. The number of ether oxygens (including phenoxy) is 2. The topological polar surface area (TPSA) is 177 Å². The van der Waals surface area contributed by atoms with E-state index in [0.717, 1.165) is 44.9 Å². The second kappa shape index (κ2) is 24.3. The summed E-state index contributed by atoms with van der Waals surface area (Å²) in [5, 5.41) is 20.5.